The predicted octanol–water partition coefficient (Wildman–Crippen LogP) is 6.10. The normalized spacial score (nSPS) is 12.3. The van der Waals surface area contributed by atoms with Crippen molar-refractivity contribution in [1.29, 1.82) is 0 Å². The van der Waals surface area contributed by atoms with Gasteiger partial charge in [-0.25, -0.2) is 30.4 Å². The molecule has 225 valence electrons. The molecule has 0 aliphatic carbocycles. The van der Waals surface area contributed by atoms with Crippen LogP contribution in [0.4, 0.5) is 22.0 Å². The number of hydrogen-bond acceptors (Lipinski definition) is 2. The summed E-state index contributed by atoms with van der Waals surface area (Å²) >= 11 is 0. The maximum atomic E-state index is 14.1. The predicted molar refractivity (Wildman–Crippen MR) is 145 cm³/mol. The van der Waals surface area contributed by atoms with Gasteiger partial charge in [0.15, 0.2) is 23.3 Å². The van der Waals surface area contributed by atoms with Crippen molar-refractivity contribution in [2.75, 3.05) is 0 Å². The molecule has 4 nitrogen and oxygen atoms in total. The van der Waals surface area contributed by atoms with Crippen molar-refractivity contribution in [2.24, 2.45) is 0 Å². The molecular weight excluding hydrogens is 684 g/mol. The number of aryl methyl sites for hydroxylation is 1. The summed E-state index contributed by atoms with van der Waals surface area (Å²) in [5.74, 6) is -11.6. The SMILES string of the molecule is Cc1ccc(C(C)C)cc1.[Cl-].[NH-][C@H](c1ccccc1)[C@@H]([N-]S(=O)(=O)c1c(F)c(F)c(F)c(F)c1F)c1ccccc1.[Ru+3]. The minimum Gasteiger partial charge on any atom is -1.00 e. The summed E-state index contributed by atoms with van der Waals surface area (Å²) in [6.45, 7) is 6.54. The van der Waals surface area contributed by atoms with Gasteiger partial charge in [0.05, 0.1) is 0 Å². The molecular formula is C30H27ClF5N2O2RuS. The van der Waals surface area contributed by atoms with Crippen LogP contribution in [0.5, 0.6) is 0 Å². The van der Waals surface area contributed by atoms with E-state index in [0.29, 0.717) is 11.5 Å². The van der Waals surface area contributed by atoms with Crippen LogP contribution in [-0.2, 0) is 29.5 Å². The number of nitrogens with one attached hydrogen (secondary N) is 1. The van der Waals surface area contributed by atoms with Crippen molar-refractivity contribution in [3.8, 4) is 0 Å². The monoisotopic (exact) mass is 711 g/mol. The first-order valence-electron chi connectivity index (χ1n) is 12.2. The molecule has 0 bridgehead atoms. The van der Waals surface area contributed by atoms with E-state index in [1.54, 1.807) is 24.3 Å². The third-order valence-electron chi connectivity index (χ3n) is 6.04. The van der Waals surface area contributed by atoms with Crippen LogP contribution >= 0.6 is 0 Å². The second kappa shape index (κ2) is 16.2. The topological polar surface area (TPSA) is 72.0 Å². The Morgan fingerprint density at radius 2 is 1.05 bits per heavy atom. The smallest absolute Gasteiger partial charge is 1.00 e. The Morgan fingerprint density at radius 1 is 0.643 bits per heavy atom. The maximum absolute atomic E-state index is 14.1. The van der Waals surface area contributed by atoms with E-state index < -0.39 is 56.1 Å². The molecule has 1 radical (unpaired) electrons. The molecule has 0 aliphatic rings. The Hall–Kier alpha value is -2.69. The standard InChI is InChI=1S/C20H13F5N2O2S.C10H14.ClH.Ru/c21-13-14(22)16(24)20(17(25)15(13)23)30(28,29)27-19(12-9-5-2-6-10-12)18(26)11-7-3-1-4-8-11;1-8(2)10-6-4-9(3)5-7-10;;/h1-10,18-19,26H;4-8H,1-3H3;1H;/q-2;;;+3/p-1/t18-,19+;;;/m1.../s1. The molecule has 0 unspecified atom stereocenters. The van der Waals surface area contributed by atoms with E-state index in [-0.39, 0.29) is 37.4 Å². The molecule has 4 rings (SSSR count). The number of rotatable bonds is 7. The second-order valence-corrected chi connectivity index (χ2v) is 10.9. The molecule has 4 aromatic rings. The first kappa shape index (κ1) is 37.3. The minimum absolute atomic E-state index is 0. The largest absolute Gasteiger partial charge is 3.00 e. The van der Waals surface area contributed by atoms with Gasteiger partial charge in [-0.1, -0.05) is 115 Å². The molecule has 0 saturated heterocycles. The second-order valence-electron chi connectivity index (χ2n) is 9.29. The van der Waals surface area contributed by atoms with Crippen molar-refractivity contribution in [1.82, 2.24) is 0 Å². The van der Waals surface area contributed by atoms with Crippen molar-refractivity contribution >= 4 is 10.0 Å². The van der Waals surface area contributed by atoms with Crippen molar-refractivity contribution in [3.63, 3.8) is 0 Å². The molecule has 4 aromatic carbocycles. The quantitative estimate of drug-likeness (QED) is 0.101. The summed E-state index contributed by atoms with van der Waals surface area (Å²) in [6, 6.07) is 21.3. The average Bonchev–Trinajstić information content (AvgIpc) is 2.95. The summed E-state index contributed by atoms with van der Waals surface area (Å²) in [4.78, 5) is -2.06. The van der Waals surface area contributed by atoms with E-state index in [4.69, 9.17) is 5.73 Å². The Morgan fingerprint density at radius 3 is 1.48 bits per heavy atom. The molecule has 1 N–H and O–H groups in total. The van der Waals surface area contributed by atoms with Crippen LogP contribution in [-0.4, -0.2) is 8.42 Å². The van der Waals surface area contributed by atoms with Crippen LogP contribution in [0.25, 0.3) is 10.5 Å². The molecule has 42 heavy (non-hydrogen) atoms. The molecule has 12 heteroatoms. The number of benzene rings is 4. The fraction of sp³-hybridized carbons (Fsp3) is 0.200. The van der Waals surface area contributed by atoms with Crippen LogP contribution in [0.3, 0.4) is 0 Å². The van der Waals surface area contributed by atoms with Gasteiger partial charge in [0.25, 0.3) is 0 Å². The Bertz CT molecular complexity index is 1520. The van der Waals surface area contributed by atoms with Crippen molar-refractivity contribution in [3.05, 3.63) is 147 Å². The summed E-state index contributed by atoms with van der Waals surface area (Å²) in [5.41, 5.74) is 11.7. The number of hydrogen-bond donors (Lipinski definition) is 0. The van der Waals surface area contributed by atoms with Crippen LogP contribution in [0.1, 0.15) is 54.1 Å². The summed E-state index contributed by atoms with van der Waals surface area (Å²) in [7, 11) is -5.38. The Balaban J connectivity index is 0.000000626. The van der Waals surface area contributed by atoms with Gasteiger partial charge in [0, 0.05) is 0 Å². The van der Waals surface area contributed by atoms with Gasteiger partial charge in [0.1, 0.15) is 14.9 Å². The van der Waals surface area contributed by atoms with E-state index in [1.165, 1.54) is 47.5 Å². The number of nitrogens with zero attached hydrogens (tertiary/aromatic N) is 1. The van der Waals surface area contributed by atoms with Gasteiger partial charge in [-0.2, -0.15) is 0 Å². The van der Waals surface area contributed by atoms with Crippen LogP contribution < -0.4 is 12.4 Å². The Labute approximate surface area is 261 Å². The molecule has 0 spiro atoms. The zero-order valence-corrected chi connectivity index (χ0v) is 25.9. The van der Waals surface area contributed by atoms with Crippen LogP contribution in [0.2, 0.25) is 0 Å². The first-order chi connectivity index (χ1) is 18.8. The molecule has 0 fully saturated rings. The van der Waals surface area contributed by atoms with Gasteiger partial charge in [0.2, 0.25) is 5.82 Å². The van der Waals surface area contributed by atoms with E-state index >= 15 is 0 Å². The van der Waals surface area contributed by atoms with E-state index in [2.05, 4.69) is 49.8 Å². The minimum atomic E-state index is -5.38. The van der Waals surface area contributed by atoms with Crippen molar-refractivity contribution < 1.29 is 62.3 Å². The zero-order chi connectivity index (χ0) is 29.6. The van der Waals surface area contributed by atoms with E-state index in [1.807, 2.05) is 0 Å². The van der Waals surface area contributed by atoms with Crippen LogP contribution in [0.15, 0.2) is 89.8 Å². The van der Waals surface area contributed by atoms with Crippen LogP contribution in [0, 0.1) is 36.0 Å². The molecule has 0 heterocycles. The van der Waals surface area contributed by atoms with Gasteiger partial charge in [-0.3, -0.25) is 0 Å². The first-order valence-corrected chi connectivity index (χ1v) is 13.6. The van der Waals surface area contributed by atoms with Gasteiger partial charge in [-0.05, 0) is 18.4 Å². The molecule has 0 saturated carbocycles. The zero-order valence-electron chi connectivity index (χ0n) is 22.6. The van der Waals surface area contributed by atoms with Gasteiger partial charge < -0.3 is 22.9 Å². The molecule has 0 amide bonds. The summed E-state index contributed by atoms with van der Waals surface area (Å²) < 4.78 is 97.1. The summed E-state index contributed by atoms with van der Waals surface area (Å²) in [5, 5.41) is 0. The van der Waals surface area contributed by atoms with E-state index in [0.717, 1.165) is 0 Å². The number of halogens is 6. The third-order valence-corrected chi connectivity index (χ3v) is 7.42. The fourth-order valence-corrected chi connectivity index (χ4v) is 5.05. The van der Waals surface area contributed by atoms with E-state index in [9.17, 15) is 30.4 Å². The molecule has 0 aliphatic heterocycles. The molecule has 0 aromatic heterocycles. The average molecular weight is 711 g/mol. The van der Waals surface area contributed by atoms with Gasteiger partial charge >= 0.3 is 19.5 Å². The molecule has 2 atom stereocenters. The van der Waals surface area contributed by atoms with Crippen molar-refractivity contribution in [2.45, 2.75) is 43.7 Å². The Kier molecular flexibility index (Phi) is 14.4. The summed E-state index contributed by atoms with van der Waals surface area (Å²) in [6.07, 6.45) is 0. The fourth-order valence-electron chi connectivity index (χ4n) is 3.77. The number of sulfonamides is 1. The third kappa shape index (κ3) is 8.91. The van der Waals surface area contributed by atoms with Gasteiger partial charge in [-0.15, -0.1) is 12.1 Å². The maximum Gasteiger partial charge on any atom is 3.00 e.